The molecule has 1 N–H and O–H groups in total. The predicted octanol–water partition coefficient (Wildman–Crippen LogP) is 2.09. The number of halogens is 1. The van der Waals surface area contributed by atoms with Crippen molar-refractivity contribution in [3.05, 3.63) is 51.4 Å². The Kier molecular flexibility index (Phi) is 7.20. The smallest absolute Gasteiger partial charge is 0.278 e. The average molecular weight is 418 g/mol. The molecule has 2 aromatic heterocycles. The summed E-state index contributed by atoms with van der Waals surface area (Å²) in [4.78, 5) is 20.0. The minimum absolute atomic E-state index is 0.0773. The number of aromatic nitrogens is 2. The fourth-order valence-electron chi connectivity index (χ4n) is 2.01. The predicted molar refractivity (Wildman–Crippen MR) is 97.6 cm³/mol. The molecule has 9 heteroatoms. The molecule has 0 saturated carbocycles. The van der Waals surface area contributed by atoms with E-state index in [0.29, 0.717) is 15.7 Å². The van der Waals surface area contributed by atoms with Crippen LogP contribution in [0.3, 0.4) is 0 Å². The molecule has 0 unspecified atom stereocenters. The normalized spacial score (nSPS) is 10.5. The van der Waals surface area contributed by atoms with Crippen LogP contribution in [0.25, 0.3) is 0 Å². The van der Waals surface area contributed by atoms with Crippen LogP contribution in [0.1, 0.15) is 22.4 Å². The second-order valence-corrected chi connectivity index (χ2v) is 5.87. The van der Waals surface area contributed by atoms with Gasteiger partial charge in [-0.05, 0) is 40.5 Å². The van der Waals surface area contributed by atoms with E-state index in [0.717, 1.165) is 5.56 Å². The van der Waals surface area contributed by atoms with Crippen molar-refractivity contribution in [2.45, 2.75) is 13.5 Å². The zero-order valence-electron chi connectivity index (χ0n) is 14.2. The number of nitriles is 1. The Hall–Kier alpha value is -2.83. The van der Waals surface area contributed by atoms with E-state index in [1.54, 1.807) is 31.5 Å². The highest BCUT2D eigenvalue weighted by atomic mass is 79.9. The summed E-state index contributed by atoms with van der Waals surface area (Å²) in [5, 5.41) is 13.2. The highest BCUT2D eigenvalue weighted by molar-refractivity contribution is 9.10. The Morgan fingerprint density at radius 3 is 2.85 bits per heavy atom. The number of hydrogen-bond donors (Lipinski definition) is 1. The molecule has 0 spiro atoms. The molecule has 0 bridgehead atoms. The van der Waals surface area contributed by atoms with E-state index in [9.17, 15) is 10.1 Å². The highest BCUT2D eigenvalue weighted by Crippen LogP contribution is 2.29. The van der Waals surface area contributed by atoms with Gasteiger partial charge in [-0.3, -0.25) is 9.78 Å². The van der Waals surface area contributed by atoms with Crippen molar-refractivity contribution < 1.29 is 14.3 Å². The number of hydrazone groups is 1. The van der Waals surface area contributed by atoms with Gasteiger partial charge in [0.05, 0.1) is 18.5 Å². The Morgan fingerprint density at radius 2 is 2.19 bits per heavy atom. The van der Waals surface area contributed by atoms with Crippen molar-refractivity contribution in [2.75, 3.05) is 13.7 Å². The molecule has 134 valence electrons. The van der Waals surface area contributed by atoms with E-state index >= 15 is 0 Å². The first kappa shape index (κ1) is 19.5. The van der Waals surface area contributed by atoms with Gasteiger partial charge in [0, 0.05) is 29.5 Å². The van der Waals surface area contributed by atoms with E-state index in [2.05, 4.69) is 36.4 Å². The van der Waals surface area contributed by atoms with Gasteiger partial charge in [-0.25, -0.2) is 10.4 Å². The third-order valence-electron chi connectivity index (χ3n) is 3.22. The summed E-state index contributed by atoms with van der Waals surface area (Å²) in [7, 11) is 1.53. The summed E-state index contributed by atoms with van der Waals surface area (Å²) in [6.45, 7) is 1.64. The van der Waals surface area contributed by atoms with Crippen LogP contribution < -0.4 is 10.2 Å². The number of ether oxygens (including phenoxy) is 2. The third-order valence-corrected chi connectivity index (χ3v) is 4.27. The molecule has 0 radical (unpaired) electrons. The highest BCUT2D eigenvalue weighted by Gasteiger charge is 2.18. The molecule has 2 aromatic rings. The van der Waals surface area contributed by atoms with Crippen molar-refractivity contribution in [3.8, 4) is 11.9 Å². The Labute approximate surface area is 159 Å². The summed E-state index contributed by atoms with van der Waals surface area (Å²) < 4.78 is 11.2. The first-order chi connectivity index (χ1) is 12.6. The van der Waals surface area contributed by atoms with Crippen LogP contribution in [0, 0.1) is 18.3 Å². The van der Waals surface area contributed by atoms with Crippen LogP contribution in [0.4, 0.5) is 0 Å². The summed E-state index contributed by atoms with van der Waals surface area (Å²) in [6, 6.07) is 5.54. The number of hydrogen-bond acceptors (Lipinski definition) is 7. The van der Waals surface area contributed by atoms with Crippen molar-refractivity contribution in [2.24, 2.45) is 5.10 Å². The van der Waals surface area contributed by atoms with Gasteiger partial charge in [0.25, 0.3) is 5.91 Å². The largest absolute Gasteiger partial charge is 0.467 e. The quantitative estimate of drug-likeness (QED) is 0.545. The molecular weight excluding hydrogens is 402 g/mol. The van der Waals surface area contributed by atoms with Gasteiger partial charge < -0.3 is 9.47 Å². The lowest BCUT2D eigenvalue weighted by atomic mass is 10.1. The molecule has 8 nitrogen and oxygen atoms in total. The molecule has 0 atom stereocenters. The summed E-state index contributed by atoms with van der Waals surface area (Å²) in [5.74, 6) is -0.400. The van der Waals surface area contributed by atoms with Crippen LogP contribution in [-0.2, 0) is 16.1 Å². The molecule has 2 heterocycles. The Balaban J connectivity index is 2.03. The van der Waals surface area contributed by atoms with E-state index in [4.69, 9.17) is 9.47 Å². The number of pyridine rings is 2. The zero-order valence-corrected chi connectivity index (χ0v) is 15.8. The fourth-order valence-corrected chi connectivity index (χ4v) is 2.41. The molecule has 26 heavy (non-hydrogen) atoms. The molecule has 0 aromatic carbocycles. The molecule has 0 saturated heterocycles. The number of nitrogens with zero attached hydrogens (tertiary/aromatic N) is 4. The van der Waals surface area contributed by atoms with Gasteiger partial charge in [-0.2, -0.15) is 10.4 Å². The second kappa shape index (κ2) is 9.60. The minimum Gasteiger partial charge on any atom is -0.467 e. The Morgan fingerprint density at radius 1 is 1.46 bits per heavy atom. The first-order valence-corrected chi connectivity index (χ1v) is 8.28. The van der Waals surface area contributed by atoms with E-state index < -0.39 is 5.91 Å². The topological polar surface area (TPSA) is 109 Å². The summed E-state index contributed by atoms with van der Waals surface area (Å²) in [6.07, 6.45) is 4.72. The monoisotopic (exact) mass is 417 g/mol. The maximum atomic E-state index is 11.9. The molecular formula is C17H16BrN5O3. The van der Waals surface area contributed by atoms with Crippen molar-refractivity contribution >= 4 is 28.1 Å². The molecule has 0 aliphatic carbocycles. The van der Waals surface area contributed by atoms with Gasteiger partial charge in [0.2, 0.25) is 5.88 Å². The first-order valence-electron chi connectivity index (χ1n) is 7.49. The number of aryl methyl sites for hydroxylation is 1. The molecule has 0 aliphatic rings. The number of amides is 1. The van der Waals surface area contributed by atoms with Crippen molar-refractivity contribution in [3.63, 3.8) is 0 Å². The molecule has 2 rings (SSSR count). The van der Waals surface area contributed by atoms with Gasteiger partial charge in [-0.15, -0.1) is 0 Å². The van der Waals surface area contributed by atoms with Crippen LogP contribution >= 0.6 is 15.9 Å². The summed E-state index contributed by atoms with van der Waals surface area (Å²) in [5.41, 5.74) is 4.60. The lowest BCUT2D eigenvalue weighted by molar-refractivity contribution is -0.123. The van der Waals surface area contributed by atoms with E-state index in [1.165, 1.54) is 13.3 Å². The number of carbonyl (C=O) groups excluding carboxylic acids is 1. The maximum absolute atomic E-state index is 11.9. The zero-order chi connectivity index (χ0) is 18.9. The van der Waals surface area contributed by atoms with E-state index in [-0.39, 0.29) is 24.7 Å². The standard InChI is InChI=1S/C17H16BrN5O3/c1-11-16(18)14(9-25-2)13(7-19)17(22-11)26-10-15(24)23-21-8-12-3-5-20-6-4-12/h3-6,8H,9-10H2,1-2H3,(H,23,24)/b21-8-. The van der Waals surface area contributed by atoms with Gasteiger partial charge in [-0.1, -0.05) is 0 Å². The van der Waals surface area contributed by atoms with Crippen LogP contribution in [0.2, 0.25) is 0 Å². The van der Waals surface area contributed by atoms with Gasteiger partial charge >= 0.3 is 0 Å². The van der Waals surface area contributed by atoms with Crippen molar-refractivity contribution in [1.82, 2.24) is 15.4 Å². The minimum atomic E-state index is -0.477. The van der Waals surface area contributed by atoms with Gasteiger partial charge in [0.15, 0.2) is 6.61 Å². The number of nitrogens with one attached hydrogen (secondary N) is 1. The lowest BCUT2D eigenvalue weighted by Gasteiger charge is -2.13. The third kappa shape index (κ3) is 5.08. The number of rotatable bonds is 7. The second-order valence-electron chi connectivity index (χ2n) is 5.08. The summed E-state index contributed by atoms with van der Waals surface area (Å²) >= 11 is 3.39. The molecule has 0 aliphatic heterocycles. The maximum Gasteiger partial charge on any atom is 0.278 e. The molecule has 0 fully saturated rings. The van der Waals surface area contributed by atoms with Crippen molar-refractivity contribution in [1.29, 1.82) is 5.26 Å². The number of methoxy groups -OCH3 is 1. The molecule has 1 amide bonds. The SMILES string of the molecule is COCc1c(Br)c(C)nc(OCC(=O)N/N=C\c2ccncc2)c1C#N. The van der Waals surface area contributed by atoms with Crippen LogP contribution in [0.5, 0.6) is 5.88 Å². The van der Waals surface area contributed by atoms with Crippen LogP contribution in [0.15, 0.2) is 34.1 Å². The fraction of sp³-hybridized carbons (Fsp3) is 0.235. The Bertz CT molecular complexity index is 850. The average Bonchev–Trinajstić information content (AvgIpc) is 2.65. The van der Waals surface area contributed by atoms with E-state index in [1.807, 2.05) is 6.07 Å². The van der Waals surface area contributed by atoms with Crippen LogP contribution in [-0.4, -0.2) is 35.8 Å². The number of carbonyl (C=O) groups is 1. The van der Waals surface area contributed by atoms with Gasteiger partial charge in [0.1, 0.15) is 11.6 Å². The lowest BCUT2D eigenvalue weighted by Crippen LogP contribution is -2.25.